The topological polar surface area (TPSA) is 83.6 Å². The smallest absolute Gasteiger partial charge is 0.219 e. The highest BCUT2D eigenvalue weighted by molar-refractivity contribution is 7.92. The Bertz CT molecular complexity index is 552. The molecule has 1 aliphatic heterocycles. The van der Waals surface area contributed by atoms with Gasteiger partial charge in [-0.1, -0.05) is 11.6 Å². The SMILES string of the molecule is CC1(S(=O)(=O)c2ccc(Cl)cc2)N=NN=N1. The van der Waals surface area contributed by atoms with Crippen molar-refractivity contribution in [3.05, 3.63) is 29.3 Å². The Morgan fingerprint density at radius 3 is 2.12 bits per heavy atom. The second kappa shape index (κ2) is 3.60. The van der Waals surface area contributed by atoms with Gasteiger partial charge in [-0.3, -0.25) is 0 Å². The predicted octanol–water partition coefficient (Wildman–Crippen LogP) is 2.62. The summed E-state index contributed by atoms with van der Waals surface area (Å²) in [5.74, 6) is 0. The first-order valence-corrected chi connectivity index (χ1v) is 6.16. The van der Waals surface area contributed by atoms with Crippen molar-refractivity contribution in [3.63, 3.8) is 0 Å². The zero-order valence-electron chi connectivity index (χ0n) is 8.20. The highest BCUT2D eigenvalue weighted by Crippen LogP contribution is 2.32. The van der Waals surface area contributed by atoms with Crippen molar-refractivity contribution in [3.8, 4) is 0 Å². The third-order valence-corrected chi connectivity index (χ3v) is 4.46. The minimum Gasteiger partial charge on any atom is -0.219 e. The van der Waals surface area contributed by atoms with E-state index in [0.29, 0.717) is 5.02 Å². The lowest BCUT2D eigenvalue weighted by atomic mass is 10.4. The van der Waals surface area contributed by atoms with Gasteiger partial charge in [0.05, 0.1) is 4.90 Å². The highest BCUT2D eigenvalue weighted by atomic mass is 35.5. The number of hydrogen-bond donors (Lipinski definition) is 0. The fraction of sp³-hybridized carbons (Fsp3) is 0.250. The maximum Gasteiger partial charge on any atom is 0.295 e. The predicted molar refractivity (Wildman–Crippen MR) is 56.8 cm³/mol. The van der Waals surface area contributed by atoms with Crippen LogP contribution in [0.5, 0.6) is 0 Å². The van der Waals surface area contributed by atoms with Crippen molar-refractivity contribution in [1.82, 2.24) is 0 Å². The van der Waals surface area contributed by atoms with E-state index in [1.165, 1.54) is 31.2 Å². The van der Waals surface area contributed by atoms with Gasteiger partial charge >= 0.3 is 0 Å². The van der Waals surface area contributed by atoms with E-state index in [1.807, 2.05) is 0 Å². The van der Waals surface area contributed by atoms with E-state index in [0.717, 1.165) is 0 Å². The summed E-state index contributed by atoms with van der Waals surface area (Å²) in [7, 11) is -3.73. The van der Waals surface area contributed by atoms with Crippen LogP contribution in [0.1, 0.15) is 6.92 Å². The molecule has 0 fully saturated rings. The fourth-order valence-electron chi connectivity index (χ4n) is 1.17. The van der Waals surface area contributed by atoms with Crippen LogP contribution in [0, 0.1) is 0 Å². The van der Waals surface area contributed by atoms with Gasteiger partial charge in [-0.25, -0.2) is 8.42 Å². The summed E-state index contributed by atoms with van der Waals surface area (Å²) in [6, 6.07) is 5.76. The van der Waals surface area contributed by atoms with E-state index < -0.39 is 14.8 Å². The quantitative estimate of drug-likeness (QED) is 0.817. The lowest BCUT2D eigenvalue weighted by Gasteiger charge is -2.14. The maximum atomic E-state index is 12.1. The molecular formula is C8H7ClN4O2S. The van der Waals surface area contributed by atoms with Crippen LogP contribution < -0.4 is 0 Å². The molecule has 0 unspecified atom stereocenters. The molecule has 8 heteroatoms. The van der Waals surface area contributed by atoms with Gasteiger partial charge in [0.2, 0.25) is 9.84 Å². The number of benzene rings is 1. The Morgan fingerprint density at radius 1 is 1.12 bits per heavy atom. The summed E-state index contributed by atoms with van der Waals surface area (Å²) in [4.78, 5) is -1.58. The van der Waals surface area contributed by atoms with E-state index in [1.54, 1.807) is 0 Å². The van der Waals surface area contributed by atoms with Crippen molar-refractivity contribution < 1.29 is 8.42 Å². The summed E-state index contributed by atoms with van der Waals surface area (Å²) in [6.45, 7) is 1.33. The normalized spacial score (nSPS) is 17.9. The largest absolute Gasteiger partial charge is 0.295 e. The first-order valence-electron chi connectivity index (χ1n) is 4.30. The molecular weight excluding hydrogens is 252 g/mol. The molecule has 0 N–H and O–H groups in total. The molecule has 0 amide bonds. The van der Waals surface area contributed by atoms with Crippen molar-refractivity contribution in [2.24, 2.45) is 20.7 Å². The van der Waals surface area contributed by atoms with Crippen LogP contribution in [0.3, 0.4) is 0 Å². The first kappa shape index (κ1) is 11.2. The highest BCUT2D eigenvalue weighted by Gasteiger charge is 2.43. The molecule has 0 aliphatic carbocycles. The molecule has 0 saturated heterocycles. The van der Waals surface area contributed by atoms with Crippen LogP contribution in [0.15, 0.2) is 49.8 Å². The van der Waals surface area contributed by atoms with Crippen LogP contribution in [0.25, 0.3) is 0 Å². The van der Waals surface area contributed by atoms with E-state index in [-0.39, 0.29) is 4.90 Å². The summed E-state index contributed by atoms with van der Waals surface area (Å²) in [6.07, 6.45) is 0. The Morgan fingerprint density at radius 2 is 1.62 bits per heavy atom. The molecule has 0 radical (unpaired) electrons. The zero-order valence-corrected chi connectivity index (χ0v) is 9.77. The fourth-order valence-corrected chi connectivity index (χ4v) is 2.53. The average molecular weight is 259 g/mol. The molecule has 16 heavy (non-hydrogen) atoms. The molecule has 84 valence electrons. The average Bonchev–Trinajstić information content (AvgIpc) is 2.67. The molecule has 1 aromatic carbocycles. The van der Waals surface area contributed by atoms with Gasteiger partial charge in [-0.15, -0.1) is 10.2 Å². The third-order valence-electron chi connectivity index (χ3n) is 2.13. The minimum absolute atomic E-state index is 0.0826. The van der Waals surface area contributed by atoms with Crippen molar-refractivity contribution >= 4 is 21.4 Å². The molecule has 1 aromatic rings. The van der Waals surface area contributed by atoms with Gasteiger partial charge in [-0.2, -0.15) is 0 Å². The van der Waals surface area contributed by atoms with Crippen molar-refractivity contribution in [2.45, 2.75) is 16.8 Å². The van der Waals surface area contributed by atoms with Crippen LogP contribution in [0.4, 0.5) is 0 Å². The van der Waals surface area contributed by atoms with E-state index in [2.05, 4.69) is 20.7 Å². The monoisotopic (exact) mass is 258 g/mol. The first-order chi connectivity index (χ1) is 7.46. The van der Waals surface area contributed by atoms with Crippen LogP contribution in [0.2, 0.25) is 5.02 Å². The minimum atomic E-state index is -3.73. The Balaban J connectivity index is 2.51. The summed E-state index contributed by atoms with van der Waals surface area (Å²) >= 11 is 5.68. The Hall–Kier alpha value is -1.34. The van der Waals surface area contributed by atoms with Gasteiger partial charge < -0.3 is 0 Å². The van der Waals surface area contributed by atoms with Crippen LogP contribution in [-0.4, -0.2) is 13.4 Å². The van der Waals surface area contributed by atoms with Crippen LogP contribution >= 0.6 is 11.6 Å². The zero-order chi connectivity index (χ0) is 11.8. The summed E-state index contributed by atoms with van der Waals surface area (Å²) in [5.41, 5.74) is 0. The molecule has 1 heterocycles. The second-order valence-corrected chi connectivity index (χ2v) is 5.96. The Kier molecular flexibility index (Phi) is 2.51. The van der Waals surface area contributed by atoms with Gasteiger partial charge in [-0.05, 0) is 34.7 Å². The lowest BCUT2D eigenvalue weighted by Crippen LogP contribution is -2.29. The lowest BCUT2D eigenvalue weighted by molar-refractivity contribution is 0.543. The third kappa shape index (κ3) is 1.61. The Labute approximate surface area is 96.9 Å². The number of sulfone groups is 1. The summed E-state index contributed by atoms with van der Waals surface area (Å²) in [5, 5.41) is 13.9. The number of halogens is 1. The van der Waals surface area contributed by atoms with Crippen molar-refractivity contribution in [2.75, 3.05) is 0 Å². The molecule has 6 nitrogen and oxygen atoms in total. The number of rotatable bonds is 2. The summed E-state index contributed by atoms with van der Waals surface area (Å²) < 4.78 is 24.2. The second-order valence-electron chi connectivity index (χ2n) is 3.27. The standard InChI is InChI=1S/C8H7ClN4O2S/c1-8(10-12-13-11-8)16(14,15)7-4-2-6(9)3-5-7/h2-5H,1H3. The molecule has 0 saturated carbocycles. The van der Waals surface area contributed by atoms with Gasteiger partial charge in [0.15, 0.2) is 0 Å². The molecule has 2 rings (SSSR count). The van der Waals surface area contributed by atoms with E-state index in [9.17, 15) is 8.42 Å². The molecule has 0 spiro atoms. The molecule has 0 atom stereocenters. The molecule has 0 aromatic heterocycles. The van der Waals surface area contributed by atoms with Crippen molar-refractivity contribution in [1.29, 1.82) is 0 Å². The van der Waals surface area contributed by atoms with Gasteiger partial charge in [0.25, 0.3) is 4.99 Å². The van der Waals surface area contributed by atoms with Gasteiger partial charge in [0, 0.05) is 11.9 Å². The number of hydrogen-bond acceptors (Lipinski definition) is 6. The van der Waals surface area contributed by atoms with Crippen LogP contribution in [-0.2, 0) is 9.84 Å². The van der Waals surface area contributed by atoms with E-state index in [4.69, 9.17) is 11.6 Å². The van der Waals surface area contributed by atoms with E-state index >= 15 is 0 Å². The maximum absolute atomic E-state index is 12.1. The molecule has 0 bridgehead atoms. The molecule has 1 aliphatic rings. The van der Waals surface area contributed by atoms with Gasteiger partial charge in [0.1, 0.15) is 0 Å². The number of nitrogens with zero attached hydrogens (tertiary/aromatic N) is 4.